The van der Waals surface area contributed by atoms with Gasteiger partial charge in [-0.05, 0) is 92.1 Å². The molecule has 2 aliphatic rings. The van der Waals surface area contributed by atoms with E-state index < -0.39 is 11.6 Å². The molecule has 5 aromatic rings. The standard InChI is InChI=1S/C62H92O5S2/c1-7-13-19-21-23-25-27-29-31-33-35-49-45-55-58(67-49)51-41-47-44-54-52(42-48(47)43-53(51)61(55,63-37-15-9-3)64-38-16-10-4)59-57(62(54,65-39-17-11-5)66-40-18-12-6)60-56(69-59)46-50(68-60)36-34-32-30-28-26-24-22-20-14-8-2/h41-46H,7-40H2,1-6H3. The highest BCUT2D eigenvalue weighted by Gasteiger charge is 2.51. The van der Waals surface area contributed by atoms with Crippen molar-refractivity contribution in [2.24, 2.45) is 0 Å². The highest BCUT2D eigenvalue weighted by molar-refractivity contribution is 7.30. The molecule has 0 aliphatic heterocycles. The van der Waals surface area contributed by atoms with Gasteiger partial charge in [-0.25, -0.2) is 0 Å². The van der Waals surface area contributed by atoms with Crippen LogP contribution < -0.4 is 0 Å². The lowest BCUT2D eigenvalue weighted by Crippen LogP contribution is -2.33. The van der Waals surface area contributed by atoms with Crippen molar-refractivity contribution in [1.82, 2.24) is 0 Å². The average Bonchev–Trinajstić information content (AvgIpc) is 4.15. The normalized spacial score (nSPS) is 14.3. The van der Waals surface area contributed by atoms with Gasteiger partial charge in [-0.3, -0.25) is 0 Å². The van der Waals surface area contributed by atoms with Crippen LogP contribution in [0.2, 0.25) is 0 Å². The second kappa shape index (κ2) is 28.1. The lowest BCUT2D eigenvalue weighted by Gasteiger charge is -2.32. The second-order valence-corrected chi connectivity index (χ2v) is 22.9. The van der Waals surface area contributed by atoms with Crippen LogP contribution in [0.4, 0.5) is 0 Å². The molecule has 2 aromatic carbocycles. The molecule has 0 atom stereocenters. The van der Waals surface area contributed by atoms with E-state index in [1.165, 1.54) is 163 Å². The minimum Gasteiger partial charge on any atom is -0.461 e. The minimum atomic E-state index is -1.00. The maximum atomic E-state index is 7.24. The maximum Gasteiger partial charge on any atom is 0.226 e. The van der Waals surface area contributed by atoms with Crippen molar-refractivity contribution in [2.45, 2.75) is 246 Å². The Balaban J connectivity index is 1.21. The lowest BCUT2D eigenvalue weighted by atomic mass is 9.94. The summed E-state index contributed by atoms with van der Waals surface area (Å²) in [5, 5.41) is 2.36. The molecular formula is C62H92O5S2. The van der Waals surface area contributed by atoms with Gasteiger partial charge in [-0.2, -0.15) is 0 Å². The van der Waals surface area contributed by atoms with Gasteiger partial charge >= 0.3 is 0 Å². The van der Waals surface area contributed by atoms with Crippen molar-refractivity contribution in [3.8, 4) is 21.8 Å². The van der Waals surface area contributed by atoms with Gasteiger partial charge in [-0.15, -0.1) is 22.7 Å². The molecule has 0 bridgehead atoms. The summed E-state index contributed by atoms with van der Waals surface area (Å²) in [5.41, 5.74) is 6.86. The molecule has 0 saturated carbocycles. The smallest absolute Gasteiger partial charge is 0.226 e. The Morgan fingerprint density at radius 1 is 0.406 bits per heavy atom. The van der Waals surface area contributed by atoms with Crippen molar-refractivity contribution in [3.05, 3.63) is 69.3 Å². The zero-order valence-electron chi connectivity index (χ0n) is 44.4. The predicted molar refractivity (Wildman–Crippen MR) is 296 cm³/mol. The number of rotatable bonds is 38. The number of hydrogen-bond donors (Lipinski definition) is 0. The summed E-state index contributed by atoms with van der Waals surface area (Å²) in [7, 11) is 0. The minimum absolute atomic E-state index is 0.631. The SMILES string of the molecule is CCCCCCCCCCCCc1cc2c(o1)-c1cc3cc4c(cc3cc1C2(OCCCC)OCCCC)-c1sc2cc(CCCCCCCCCCCC)sc2c1C4(OCCCC)OCCCC. The Kier molecular flexibility index (Phi) is 22.1. The van der Waals surface area contributed by atoms with Crippen LogP contribution in [0, 0.1) is 0 Å². The zero-order valence-corrected chi connectivity index (χ0v) is 46.0. The molecule has 0 fully saturated rings. The Hall–Kier alpha value is -2.52. The van der Waals surface area contributed by atoms with Crippen molar-refractivity contribution in [2.75, 3.05) is 26.4 Å². The number of hydrogen-bond acceptors (Lipinski definition) is 7. The van der Waals surface area contributed by atoms with Crippen molar-refractivity contribution in [1.29, 1.82) is 0 Å². The molecule has 3 heterocycles. The van der Waals surface area contributed by atoms with E-state index in [1.807, 2.05) is 22.7 Å². The molecule has 0 N–H and O–H groups in total. The third-order valence-corrected chi connectivity index (χ3v) is 17.5. The van der Waals surface area contributed by atoms with Crippen molar-refractivity contribution >= 4 is 42.8 Å². The Labute approximate surface area is 427 Å². The topological polar surface area (TPSA) is 50.1 Å². The van der Waals surface area contributed by atoms with Crippen LogP contribution in [0.3, 0.4) is 0 Å². The molecule has 69 heavy (non-hydrogen) atoms. The molecule has 0 unspecified atom stereocenters. The van der Waals surface area contributed by atoms with Gasteiger partial charge in [0.15, 0.2) is 0 Å². The zero-order chi connectivity index (χ0) is 48.3. The molecule has 0 radical (unpaired) electrons. The highest BCUT2D eigenvalue weighted by Crippen LogP contribution is 2.60. The summed E-state index contributed by atoms with van der Waals surface area (Å²) in [5.74, 6) is 0.0147. The van der Waals surface area contributed by atoms with Crippen molar-refractivity contribution < 1.29 is 23.4 Å². The van der Waals surface area contributed by atoms with Crippen LogP contribution in [-0.2, 0) is 43.4 Å². The fourth-order valence-corrected chi connectivity index (χ4v) is 13.6. The van der Waals surface area contributed by atoms with Crippen LogP contribution in [0.5, 0.6) is 0 Å². The molecule has 3 aromatic heterocycles. The first-order valence-corrected chi connectivity index (χ1v) is 30.5. The fourth-order valence-electron chi connectivity index (χ4n) is 10.8. The summed E-state index contributed by atoms with van der Waals surface area (Å²) in [6.45, 7) is 16.1. The summed E-state index contributed by atoms with van der Waals surface area (Å²) in [6.07, 6.45) is 37.2. The van der Waals surface area contributed by atoms with Gasteiger partial charge in [0, 0.05) is 43.1 Å². The van der Waals surface area contributed by atoms with Crippen LogP contribution in [0.15, 0.2) is 40.8 Å². The summed E-state index contributed by atoms with van der Waals surface area (Å²) >= 11 is 3.94. The first kappa shape index (κ1) is 54.3. The van der Waals surface area contributed by atoms with Crippen LogP contribution in [0.25, 0.3) is 41.9 Å². The molecule has 7 rings (SSSR count). The monoisotopic (exact) mass is 981 g/mol. The predicted octanol–water partition coefficient (Wildman–Crippen LogP) is 20.3. The molecule has 2 aliphatic carbocycles. The molecule has 5 nitrogen and oxygen atoms in total. The lowest BCUT2D eigenvalue weighted by molar-refractivity contribution is -0.216. The van der Waals surface area contributed by atoms with Crippen LogP contribution in [0.1, 0.15) is 254 Å². The number of furan rings is 1. The van der Waals surface area contributed by atoms with E-state index >= 15 is 0 Å². The number of unbranched alkanes of at least 4 members (excludes halogenated alkanes) is 22. The summed E-state index contributed by atoms with van der Waals surface area (Å²) < 4.78 is 38.3. The Morgan fingerprint density at radius 2 is 0.841 bits per heavy atom. The van der Waals surface area contributed by atoms with E-state index in [0.717, 1.165) is 104 Å². The Morgan fingerprint density at radius 3 is 1.35 bits per heavy atom. The van der Waals surface area contributed by atoms with Gasteiger partial charge < -0.3 is 23.4 Å². The summed E-state index contributed by atoms with van der Waals surface area (Å²) in [6, 6.07) is 14.4. The maximum absolute atomic E-state index is 7.24. The van der Waals surface area contributed by atoms with E-state index in [9.17, 15) is 0 Å². The molecule has 7 heteroatoms. The third-order valence-electron chi connectivity index (χ3n) is 15.0. The number of fused-ring (bicyclic) bond motifs is 9. The quantitative estimate of drug-likeness (QED) is 0.0291. The molecule has 0 spiro atoms. The Bertz CT molecular complexity index is 2260. The number of ether oxygens (including phenoxy) is 4. The van der Waals surface area contributed by atoms with Gasteiger partial charge in [-0.1, -0.05) is 183 Å². The van der Waals surface area contributed by atoms with E-state index in [-0.39, 0.29) is 0 Å². The number of aryl methyl sites for hydroxylation is 2. The van der Waals surface area contributed by atoms with E-state index in [2.05, 4.69) is 77.9 Å². The van der Waals surface area contributed by atoms with E-state index in [4.69, 9.17) is 23.4 Å². The van der Waals surface area contributed by atoms with E-state index in [0.29, 0.717) is 26.4 Å². The van der Waals surface area contributed by atoms with Gasteiger partial charge in [0.1, 0.15) is 11.5 Å². The fraction of sp³-hybridized carbons (Fsp3) is 0.677. The van der Waals surface area contributed by atoms with Crippen molar-refractivity contribution in [3.63, 3.8) is 0 Å². The molecule has 382 valence electrons. The average molecular weight is 982 g/mol. The molecule has 0 saturated heterocycles. The van der Waals surface area contributed by atoms with Gasteiger partial charge in [0.25, 0.3) is 0 Å². The molecule has 0 amide bonds. The number of benzene rings is 2. The summed E-state index contributed by atoms with van der Waals surface area (Å²) in [4.78, 5) is 2.80. The first-order chi connectivity index (χ1) is 34.0. The third kappa shape index (κ3) is 13.2. The van der Waals surface area contributed by atoms with Gasteiger partial charge in [0.2, 0.25) is 11.6 Å². The highest BCUT2D eigenvalue weighted by atomic mass is 32.1. The molecular weight excluding hydrogens is 889 g/mol. The second-order valence-electron chi connectivity index (χ2n) is 20.7. The van der Waals surface area contributed by atoms with Crippen LogP contribution in [-0.4, -0.2) is 26.4 Å². The first-order valence-electron chi connectivity index (χ1n) is 28.9. The van der Waals surface area contributed by atoms with Crippen LogP contribution >= 0.6 is 22.7 Å². The van der Waals surface area contributed by atoms with E-state index in [1.54, 1.807) is 0 Å². The van der Waals surface area contributed by atoms with Gasteiger partial charge in [0.05, 0.1) is 42.3 Å². The largest absolute Gasteiger partial charge is 0.461 e. The number of thiophene rings is 2.